The van der Waals surface area contributed by atoms with E-state index >= 15 is 0 Å². The fourth-order valence-corrected chi connectivity index (χ4v) is 5.57. The Morgan fingerprint density at radius 2 is 1.91 bits per heavy atom. The predicted octanol–water partition coefficient (Wildman–Crippen LogP) is 3.76. The molecule has 2 amide bonds. The maximum atomic E-state index is 13.7. The van der Waals surface area contributed by atoms with Crippen LogP contribution in [0, 0.1) is 5.82 Å². The highest BCUT2D eigenvalue weighted by Gasteiger charge is 2.35. The molecular weight excluding hydrogens is 465 g/mol. The normalized spacial score (nSPS) is 18.3. The molecule has 1 atom stereocenters. The Morgan fingerprint density at radius 3 is 2.71 bits per heavy atom. The van der Waals surface area contributed by atoms with Crippen LogP contribution in [-0.2, 0) is 0 Å². The summed E-state index contributed by atoms with van der Waals surface area (Å²) in [6, 6.07) is 12.6. The van der Waals surface area contributed by atoms with Crippen LogP contribution in [0.25, 0.3) is 22.0 Å². The van der Waals surface area contributed by atoms with E-state index in [0.717, 1.165) is 35.0 Å². The first-order valence-electron chi connectivity index (χ1n) is 11.7. The van der Waals surface area contributed by atoms with Crippen molar-refractivity contribution in [2.75, 3.05) is 26.2 Å². The van der Waals surface area contributed by atoms with Gasteiger partial charge in [-0.3, -0.25) is 9.59 Å². The van der Waals surface area contributed by atoms with E-state index in [1.165, 1.54) is 23.5 Å². The molecule has 2 aliphatic rings. The summed E-state index contributed by atoms with van der Waals surface area (Å²) in [5.74, 6) is -0.283. The van der Waals surface area contributed by atoms with Crippen LogP contribution in [0.15, 0.2) is 60.2 Å². The predicted molar refractivity (Wildman–Crippen MR) is 133 cm³/mol. The van der Waals surface area contributed by atoms with Gasteiger partial charge < -0.3 is 20.1 Å². The average Bonchev–Trinajstić information content (AvgIpc) is 3.61. The number of nitrogens with zero attached hydrogens (tertiary/aromatic N) is 3. The molecule has 2 aromatic heterocycles. The lowest BCUT2D eigenvalue weighted by Gasteiger charge is -2.41. The number of nitrogens with one attached hydrogen (secondary N) is 2. The number of rotatable bonds is 5. The highest BCUT2D eigenvalue weighted by Crippen LogP contribution is 2.30. The molecule has 2 aliphatic heterocycles. The molecule has 0 saturated carbocycles. The minimum atomic E-state index is -0.277. The second kappa shape index (κ2) is 8.90. The topological polar surface area (TPSA) is 81.3 Å². The number of carbonyl (C=O) groups excluding carboxylic acids is 2. The van der Waals surface area contributed by atoms with Gasteiger partial charge in [0.05, 0.1) is 0 Å². The van der Waals surface area contributed by atoms with Crippen LogP contribution in [0.2, 0.25) is 0 Å². The van der Waals surface area contributed by atoms with Gasteiger partial charge in [-0.05, 0) is 36.2 Å². The molecule has 0 spiro atoms. The molecule has 178 valence electrons. The molecule has 0 bridgehead atoms. The summed E-state index contributed by atoms with van der Waals surface area (Å²) in [5, 5.41) is 6.90. The van der Waals surface area contributed by atoms with Gasteiger partial charge in [0.2, 0.25) is 0 Å². The van der Waals surface area contributed by atoms with E-state index in [2.05, 4.69) is 15.3 Å². The first-order valence-corrected chi connectivity index (χ1v) is 12.5. The molecule has 2 fully saturated rings. The summed E-state index contributed by atoms with van der Waals surface area (Å²) >= 11 is 1.37. The molecule has 7 nitrogen and oxygen atoms in total. The van der Waals surface area contributed by atoms with Crippen LogP contribution in [0.4, 0.5) is 4.39 Å². The quantitative estimate of drug-likeness (QED) is 0.447. The number of aromatic nitrogens is 2. The van der Waals surface area contributed by atoms with Crippen molar-refractivity contribution >= 4 is 34.1 Å². The van der Waals surface area contributed by atoms with Crippen LogP contribution >= 0.6 is 11.3 Å². The lowest BCUT2D eigenvalue weighted by molar-refractivity contribution is 0.0553. The van der Waals surface area contributed by atoms with Crippen molar-refractivity contribution in [3.8, 4) is 11.1 Å². The molecule has 4 heterocycles. The van der Waals surface area contributed by atoms with Crippen LogP contribution in [-0.4, -0.2) is 69.8 Å². The maximum absolute atomic E-state index is 13.7. The molecule has 9 heteroatoms. The number of thiazole rings is 1. The van der Waals surface area contributed by atoms with Crippen molar-refractivity contribution in [1.82, 2.24) is 25.1 Å². The summed E-state index contributed by atoms with van der Waals surface area (Å²) in [5.41, 5.74) is 3.18. The molecule has 2 aromatic carbocycles. The molecule has 0 aliphatic carbocycles. The van der Waals surface area contributed by atoms with Gasteiger partial charge in [0.15, 0.2) is 5.01 Å². The van der Waals surface area contributed by atoms with Crippen LogP contribution in [0.5, 0.6) is 0 Å². The average molecular weight is 490 g/mol. The number of fused-ring (bicyclic) bond motifs is 1. The second-order valence-electron chi connectivity index (χ2n) is 9.12. The van der Waals surface area contributed by atoms with E-state index in [9.17, 15) is 14.0 Å². The third kappa shape index (κ3) is 4.21. The first-order chi connectivity index (χ1) is 17.0. The number of H-pyrrole nitrogens is 1. The third-order valence-electron chi connectivity index (χ3n) is 6.80. The van der Waals surface area contributed by atoms with Gasteiger partial charge in [-0.2, -0.15) is 0 Å². The van der Waals surface area contributed by atoms with Gasteiger partial charge in [0.25, 0.3) is 11.8 Å². The Morgan fingerprint density at radius 1 is 1.06 bits per heavy atom. The largest absolute Gasteiger partial charge is 0.361 e. The fourth-order valence-electron chi connectivity index (χ4n) is 4.96. The highest BCUT2D eigenvalue weighted by molar-refractivity contribution is 7.11. The maximum Gasteiger partial charge on any atom is 0.282 e. The number of aromatic amines is 1. The molecule has 35 heavy (non-hydrogen) atoms. The number of likely N-dealkylation sites (tertiary alicyclic amines) is 2. The Balaban J connectivity index is 1.05. The van der Waals surface area contributed by atoms with Crippen molar-refractivity contribution in [2.45, 2.75) is 18.5 Å². The molecule has 0 radical (unpaired) electrons. The van der Waals surface area contributed by atoms with Gasteiger partial charge in [0.1, 0.15) is 5.82 Å². The van der Waals surface area contributed by atoms with E-state index in [4.69, 9.17) is 0 Å². The van der Waals surface area contributed by atoms with Crippen molar-refractivity contribution < 1.29 is 14.0 Å². The van der Waals surface area contributed by atoms with Crippen molar-refractivity contribution in [3.63, 3.8) is 0 Å². The Labute approximate surface area is 205 Å². The zero-order valence-corrected chi connectivity index (χ0v) is 19.7. The second-order valence-corrected chi connectivity index (χ2v) is 10.0. The number of carbonyl (C=O) groups is 2. The van der Waals surface area contributed by atoms with Gasteiger partial charge in [-0.1, -0.05) is 18.2 Å². The van der Waals surface area contributed by atoms with Crippen LogP contribution in [0.1, 0.15) is 26.6 Å². The standard InChI is InChI=1S/C26H24FN5O2S/c27-18-3-1-2-16(10-18)22-12-29-23-11-17(4-5-21(22)23)25(33)32-14-20(15-32)30-19-6-8-31(13-19)26(34)24-28-7-9-35-24/h1-5,7,9-12,19-20,29-30H,6,8,13-15H2. The number of benzene rings is 2. The molecule has 1 unspecified atom stereocenters. The molecular formula is C26H24FN5O2S. The molecule has 2 N–H and O–H groups in total. The summed E-state index contributed by atoms with van der Waals surface area (Å²) < 4.78 is 13.7. The van der Waals surface area contributed by atoms with Crippen molar-refractivity contribution in [1.29, 1.82) is 0 Å². The zero-order chi connectivity index (χ0) is 23.9. The molecule has 6 rings (SSSR count). The minimum Gasteiger partial charge on any atom is -0.361 e. The van der Waals surface area contributed by atoms with Crippen molar-refractivity contribution in [2.24, 2.45) is 0 Å². The number of amides is 2. The van der Waals surface area contributed by atoms with E-state index in [-0.39, 0.29) is 29.7 Å². The number of hydrogen-bond donors (Lipinski definition) is 2. The van der Waals surface area contributed by atoms with Crippen LogP contribution < -0.4 is 5.32 Å². The van der Waals surface area contributed by atoms with E-state index in [1.807, 2.05) is 45.6 Å². The SMILES string of the molecule is O=C(c1ccc2c(-c3cccc(F)c3)c[nH]c2c1)N1CC(NC2CCN(C(=O)c3nccs3)C2)C1. The Hall–Kier alpha value is -3.56. The van der Waals surface area contributed by atoms with Gasteiger partial charge in [-0.15, -0.1) is 11.3 Å². The Bertz CT molecular complexity index is 1400. The first kappa shape index (κ1) is 21.9. The number of hydrogen-bond acceptors (Lipinski definition) is 5. The number of halogens is 1. The monoisotopic (exact) mass is 489 g/mol. The minimum absolute atomic E-state index is 0.00106. The summed E-state index contributed by atoms with van der Waals surface area (Å²) in [4.78, 5) is 36.5. The van der Waals surface area contributed by atoms with Gasteiger partial charge in [-0.25, -0.2) is 9.37 Å². The third-order valence-corrected chi connectivity index (χ3v) is 7.56. The molecule has 4 aromatic rings. The van der Waals surface area contributed by atoms with Gasteiger partial charge in [0, 0.05) is 78.1 Å². The smallest absolute Gasteiger partial charge is 0.282 e. The summed E-state index contributed by atoms with van der Waals surface area (Å²) in [6.07, 6.45) is 4.40. The fraction of sp³-hybridized carbons (Fsp3) is 0.269. The van der Waals surface area contributed by atoms with E-state index < -0.39 is 0 Å². The Kier molecular flexibility index (Phi) is 5.58. The lowest BCUT2D eigenvalue weighted by Crippen LogP contribution is -2.62. The van der Waals surface area contributed by atoms with Crippen molar-refractivity contribution in [3.05, 3.63) is 76.6 Å². The van der Waals surface area contributed by atoms with E-state index in [1.54, 1.807) is 12.3 Å². The van der Waals surface area contributed by atoms with E-state index in [0.29, 0.717) is 30.2 Å². The summed E-state index contributed by atoms with van der Waals surface area (Å²) in [7, 11) is 0. The molecule has 2 saturated heterocycles. The van der Waals surface area contributed by atoms with Crippen LogP contribution in [0.3, 0.4) is 0 Å². The highest BCUT2D eigenvalue weighted by atomic mass is 32.1. The zero-order valence-electron chi connectivity index (χ0n) is 18.9. The lowest BCUT2D eigenvalue weighted by atomic mass is 10.0. The summed E-state index contributed by atoms with van der Waals surface area (Å²) in [6.45, 7) is 2.68. The van der Waals surface area contributed by atoms with Gasteiger partial charge >= 0.3 is 0 Å².